The highest BCUT2D eigenvalue weighted by atomic mass is 19.1. The third kappa shape index (κ3) is 2.82. The van der Waals surface area contributed by atoms with Gasteiger partial charge in [0.25, 0.3) is 0 Å². The Bertz CT molecular complexity index is 332. The Hall–Kier alpha value is -1.44. The average molecular weight is 177 g/mol. The molecule has 1 aromatic carbocycles. The molecule has 1 aromatic rings. The van der Waals surface area contributed by atoms with Crippen molar-refractivity contribution in [1.82, 2.24) is 0 Å². The molecule has 0 aliphatic heterocycles. The first-order chi connectivity index (χ1) is 6.09. The molecule has 0 aliphatic rings. The van der Waals surface area contributed by atoms with Gasteiger partial charge in [0.1, 0.15) is 5.82 Å². The van der Waals surface area contributed by atoms with Gasteiger partial charge in [-0.2, -0.15) is 0 Å². The van der Waals surface area contributed by atoms with Gasteiger partial charge in [-0.25, -0.2) is 4.39 Å². The summed E-state index contributed by atoms with van der Waals surface area (Å²) in [6.45, 7) is 3.86. The van der Waals surface area contributed by atoms with Gasteiger partial charge in [0.05, 0.1) is 5.71 Å². The number of nitrogens with one attached hydrogen (secondary N) is 1. The summed E-state index contributed by atoms with van der Waals surface area (Å²) in [7, 11) is 0. The molecular formula is C11H12FN. The number of hydrogen-bond donors (Lipinski definition) is 1. The first kappa shape index (κ1) is 9.65. The average Bonchev–Trinajstić information content (AvgIpc) is 2.04. The van der Waals surface area contributed by atoms with E-state index in [-0.39, 0.29) is 5.82 Å². The van der Waals surface area contributed by atoms with Crippen molar-refractivity contribution in [2.75, 3.05) is 0 Å². The lowest BCUT2D eigenvalue weighted by molar-refractivity contribution is 0.628. The fraction of sp³-hybridized carbons (Fsp3) is 0.182. The van der Waals surface area contributed by atoms with Crippen molar-refractivity contribution in [3.05, 3.63) is 47.3 Å². The van der Waals surface area contributed by atoms with E-state index in [0.717, 1.165) is 11.1 Å². The molecule has 0 unspecified atom stereocenters. The Balaban J connectivity index is 2.90. The smallest absolute Gasteiger partial charge is 0.123 e. The molecular weight excluding hydrogens is 165 g/mol. The van der Waals surface area contributed by atoms with E-state index in [4.69, 9.17) is 5.41 Å². The van der Waals surface area contributed by atoms with Gasteiger partial charge in [-0.1, -0.05) is 5.57 Å². The van der Waals surface area contributed by atoms with Crippen molar-refractivity contribution in [1.29, 1.82) is 5.41 Å². The minimum Gasteiger partial charge on any atom is -0.300 e. The lowest BCUT2D eigenvalue weighted by Gasteiger charge is -1.98. The van der Waals surface area contributed by atoms with E-state index in [1.54, 1.807) is 18.2 Å². The van der Waals surface area contributed by atoms with Gasteiger partial charge in [0, 0.05) is 0 Å². The Kier molecular flexibility index (Phi) is 2.96. The van der Waals surface area contributed by atoms with Crippen LogP contribution in [0.4, 0.5) is 4.39 Å². The number of allylic oxidation sites excluding steroid dienone is 2. The molecule has 1 nitrogen and oxygen atoms in total. The van der Waals surface area contributed by atoms with Crippen LogP contribution in [0.25, 0.3) is 0 Å². The monoisotopic (exact) mass is 177 g/mol. The van der Waals surface area contributed by atoms with Crippen molar-refractivity contribution in [2.45, 2.75) is 13.8 Å². The third-order valence-corrected chi connectivity index (χ3v) is 1.59. The quantitative estimate of drug-likeness (QED) is 0.671. The third-order valence-electron chi connectivity index (χ3n) is 1.59. The Labute approximate surface area is 77.4 Å². The van der Waals surface area contributed by atoms with Crippen LogP contribution in [0.15, 0.2) is 35.9 Å². The van der Waals surface area contributed by atoms with Gasteiger partial charge >= 0.3 is 0 Å². The van der Waals surface area contributed by atoms with Crippen LogP contribution in [0.2, 0.25) is 0 Å². The van der Waals surface area contributed by atoms with Gasteiger partial charge in [-0.05, 0) is 49.8 Å². The second kappa shape index (κ2) is 3.99. The molecule has 0 aliphatic carbocycles. The molecule has 0 amide bonds. The predicted molar refractivity (Wildman–Crippen MR) is 52.7 cm³/mol. The Morgan fingerprint density at radius 1 is 1.23 bits per heavy atom. The highest BCUT2D eigenvalue weighted by molar-refractivity contribution is 6.06. The van der Waals surface area contributed by atoms with Crippen LogP contribution in [0.3, 0.4) is 0 Å². The number of rotatable bonds is 2. The number of hydrogen-bond acceptors (Lipinski definition) is 1. The lowest BCUT2D eigenvalue weighted by atomic mass is 10.1. The summed E-state index contributed by atoms with van der Waals surface area (Å²) in [5.74, 6) is -0.270. The number of benzene rings is 1. The predicted octanol–water partition coefficient (Wildman–Crippen LogP) is 3.16. The SMILES string of the molecule is CC(C)=CC(=N)c1ccc(F)cc1. The first-order valence-electron chi connectivity index (χ1n) is 4.09. The zero-order valence-corrected chi connectivity index (χ0v) is 7.76. The summed E-state index contributed by atoms with van der Waals surface area (Å²) >= 11 is 0. The minimum absolute atomic E-state index is 0.270. The first-order valence-corrected chi connectivity index (χ1v) is 4.09. The molecule has 0 radical (unpaired) electrons. The maximum absolute atomic E-state index is 12.5. The van der Waals surface area contributed by atoms with Gasteiger partial charge in [-0.3, -0.25) is 0 Å². The van der Waals surface area contributed by atoms with Crippen LogP contribution < -0.4 is 0 Å². The maximum atomic E-state index is 12.5. The highest BCUT2D eigenvalue weighted by Gasteiger charge is 1.97. The molecule has 0 heterocycles. The van der Waals surface area contributed by atoms with Crippen molar-refractivity contribution >= 4 is 5.71 Å². The summed E-state index contributed by atoms with van der Waals surface area (Å²) in [5.41, 5.74) is 2.22. The molecule has 0 fully saturated rings. The summed E-state index contributed by atoms with van der Waals surface area (Å²) in [6, 6.07) is 5.94. The topological polar surface area (TPSA) is 23.9 Å². The van der Waals surface area contributed by atoms with E-state index in [0.29, 0.717) is 5.71 Å². The normalized spacial score (nSPS) is 9.46. The molecule has 68 valence electrons. The second-order valence-corrected chi connectivity index (χ2v) is 3.14. The van der Waals surface area contributed by atoms with Crippen LogP contribution in [0, 0.1) is 11.2 Å². The van der Waals surface area contributed by atoms with Gasteiger partial charge < -0.3 is 5.41 Å². The molecule has 1 rings (SSSR count). The van der Waals surface area contributed by atoms with Gasteiger partial charge in [0.15, 0.2) is 0 Å². The van der Waals surface area contributed by atoms with Gasteiger partial charge in [0.2, 0.25) is 0 Å². The van der Waals surface area contributed by atoms with Crippen LogP contribution in [0.5, 0.6) is 0 Å². The van der Waals surface area contributed by atoms with Crippen LogP contribution in [-0.4, -0.2) is 5.71 Å². The zero-order chi connectivity index (χ0) is 9.84. The van der Waals surface area contributed by atoms with Crippen molar-refractivity contribution in [3.63, 3.8) is 0 Å². The van der Waals surface area contributed by atoms with Crippen molar-refractivity contribution in [3.8, 4) is 0 Å². The Morgan fingerprint density at radius 3 is 2.23 bits per heavy atom. The lowest BCUT2D eigenvalue weighted by Crippen LogP contribution is -1.94. The Morgan fingerprint density at radius 2 is 1.77 bits per heavy atom. The maximum Gasteiger partial charge on any atom is 0.123 e. The van der Waals surface area contributed by atoms with Crippen molar-refractivity contribution in [2.24, 2.45) is 0 Å². The molecule has 2 heteroatoms. The summed E-state index contributed by atoms with van der Waals surface area (Å²) in [4.78, 5) is 0. The van der Waals surface area contributed by atoms with Crippen LogP contribution in [0.1, 0.15) is 19.4 Å². The van der Waals surface area contributed by atoms with Crippen LogP contribution in [-0.2, 0) is 0 Å². The summed E-state index contributed by atoms with van der Waals surface area (Å²) in [6.07, 6.45) is 1.76. The van der Waals surface area contributed by atoms with E-state index in [1.807, 2.05) is 13.8 Å². The molecule has 0 spiro atoms. The van der Waals surface area contributed by atoms with Crippen molar-refractivity contribution < 1.29 is 4.39 Å². The fourth-order valence-corrected chi connectivity index (χ4v) is 1.00. The fourth-order valence-electron chi connectivity index (χ4n) is 1.00. The highest BCUT2D eigenvalue weighted by Crippen LogP contribution is 2.05. The second-order valence-electron chi connectivity index (χ2n) is 3.14. The largest absolute Gasteiger partial charge is 0.300 e. The van der Waals surface area contributed by atoms with Gasteiger partial charge in [-0.15, -0.1) is 0 Å². The molecule has 0 bridgehead atoms. The van der Waals surface area contributed by atoms with E-state index < -0.39 is 0 Å². The standard InChI is InChI=1S/C11H12FN/c1-8(2)7-11(13)9-3-5-10(12)6-4-9/h3-7,13H,1-2H3. The van der Waals surface area contributed by atoms with E-state index >= 15 is 0 Å². The van der Waals surface area contributed by atoms with E-state index in [2.05, 4.69) is 0 Å². The molecule has 13 heavy (non-hydrogen) atoms. The molecule has 0 atom stereocenters. The molecule has 0 saturated heterocycles. The van der Waals surface area contributed by atoms with E-state index in [1.165, 1.54) is 12.1 Å². The molecule has 0 saturated carbocycles. The minimum atomic E-state index is -0.270. The number of halogens is 1. The summed E-state index contributed by atoms with van der Waals surface area (Å²) in [5, 5.41) is 7.63. The molecule has 1 N–H and O–H groups in total. The van der Waals surface area contributed by atoms with Crippen LogP contribution >= 0.6 is 0 Å². The molecule has 0 aromatic heterocycles. The summed E-state index contributed by atoms with van der Waals surface area (Å²) < 4.78 is 12.5. The van der Waals surface area contributed by atoms with E-state index in [9.17, 15) is 4.39 Å². The zero-order valence-electron chi connectivity index (χ0n) is 7.76.